The van der Waals surface area contributed by atoms with Crippen molar-refractivity contribution in [3.8, 4) is 0 Å². The first kappa shape index (κ1) is 5.15. The van der Waals surface area contributed by atoms with Gasteiger partial charge < -0.3 is 0 Å². The summed E-state index contributed by atoms with van der Waals surface area (Å²) in [6.07, 6.45) is 2.10. The summed E-state index contributed by atoms with van der Waals surface area (Å²) in [4.78, 5) is 0. The molecule has 0 bridgehead atoms. The van der Waals surface area contributed by atoms with Gasteiger partial charge in [-0.25, -0.2) is 0 Å². The van der Waals surface area contributed by atoms with Crippen LogP contribution in [0.4, 0.5) is 0 Å². The fourth-order valence-corrected chi connectivity index (χ4v) is 2.14. The average molecular weight is 208 g/mol. The molecular formula is C5H7IN-. The van der Waals surface area contributed by atoms with Crippen molar-refractivity contribution in [2.45, 2.75) is 6.92 Å². The zero-order valence-electron chi connectivity index (χ0n) is 4.11. The van der Waals surface area contributed by atoms with E-state index >= 15 is 0 Å². The van der Waals surface area contributed by atoms with Gasteiger partial charge in [0, 0.05) is 0 Å². The Kier molecular flexibility index (Phi) is 1.37. The zero-order chi connectivity index (χ0) is 5.28. The van der Waals surface area contributed by atoms with Crippen molar-refractivity contribution in [1.29, 1.82) is 0 Å². The van der Waals surface area contributed by atoms with E-state index in [1.807, 2.05) is 0 Å². The molecule has 7 heavy (non-hydrogen) atoms. The predicted molar refractivity (Wildman–Crippen MR) is 26.0 cm³/mol. The maximum atomic E-state index is 5.54. The van der Waals surface area contributed by atoms with E-state index in [1.165, 1.54) is 5.57 Å². The number of nitrogens with two attached hydrogens (primary N) is 1. The summed E-state index contributed by atoms with van der Waals surface area (Å²) in [5, 5.41) is 0. The number of hydrogen-bond donors (Lipinski definition) is 1. The van der Waals surface area contributed by atoms with Gasteiger partial charge in [-0.15, -0.1) is 0 Å². The minimum atomic E-state index is 0.116. The first-order valence-electron chi connectivity index (χ1n) is 2.07. The number of hydrogen-bond acceptors (Lipinski definition) is 1. The summed E-state index contributed by atoms with van der Waals surface area (Å²) < 4.78 is 3.31. The van der Waals surface area contributed by atoms with Crippen LogP contribution in [0.1, 0.15) is 6.92 Å². The van der Waals surface area contributed by atoms with E-state index in [-0.39, 0.29) is 21.2 Å². The Hall–Kier alpha value is 0.01000. The molecule has 1 nitrogen and oxygen atoms in total. The Morgan fingerprint density at radius 2 is 2.43 bits per heavy atom. The van der Waals surface area contributed by atoms with Gasteiger partial charge in [0.1, 0.15) is 0 Å². The Morgan fingerprint density at radius 1 is 1.71 bits per heavy atom. The van der Waals surface area contributed by atoms with Crippen molar-refractivity contribution in [3.05, 3.63) is 19.4 Å². The number of halogens is 1. The molecule has 1 heterocycles. The van der Waals surface area contributed by atoms with Crippen LogP contribution in [0.3, 0.4) is 0 Å². The Balaban J connectivity index is 2.79. The van der Waals surface area contributed by atoms with Crippen LogP contribution in [0.15, 0.2) is 19.4 Å². The third-order valence-corrected chi connectivity index (χ3v) is 3.11. The standard InChI is InChI=1S/C5H7IN/c1-4-2-3-6-5(4)7/h2-3H,7H2,1H3/q-1. The van der Waals surface area contributed by atoms with Crippen LogP contribution in [0, 0.1) is 0 Å². The first-order chi connectivity index (χ1) is 3.30. The molecule has 0 aromatic heterocycles. The second-order valence-corrected chi connectivity index (χ2v) is 3.94. The summed E-state index contributed by atoms with van der Waals surface area (Å²) in [5.74, 6) is 0. The molecule has 0 radical (unpaired) electrons. The van der Waals surface area contributed by atoms with E-state index in [2.05, 4.69) is 17.1 Å². The SMILES string of the molecule is CC1=C(N)[I-]C=C1. The van der Waals surface area contributed by atoms with Gasteiger partial charge in [-0.05, 0) is 0 Å². The summed E-state index contributed by atoms with van der Waals surface area (Å²) in [5.41, 5.74) is 6.82. The van der Waals surface area contributed by atoms with Gasteiger partial charge in [-0.3, -0.25) is 0 Å². The van der Waals surface area contributed by atoms with Crippen molar-refractivity contribution < 1.29 is 21.2 Å². The summed E-state index contributed by atoms with van der Waals surface area (Å²) in [6.45, 7) is 2.05. The monoisotopic (exact) mass is 208 g/mol. The molecular weight excluding hydrogens is 201 g/mol. The van der Waals surface area contributed by atoms with Crippen LogP contribution in [0.2, 0.25) is 0 Å². The van der Waals surface area contributed by atoms with Gasteiger partial charge in [0.15, 0.2) is 0 Å². The molecule has 0 unspecified atom stereocenters. The van der Waals surface area contributed by atoms with E-state index in [0.29, 0.717) is 0 Å². The van der Waals surface area contributed by atoms with E-state index in [9.17, 15) is 0 Å². The van der Waals surface area contributed by atoms with Crippen LogP contribution in [0.25, 0.3) is 0 Å². The van der Waals surface area contributed by atoms with Gasteiger partial charge in [0.05, 0.1) is 0 Å². The van der Waals surface area contributed by atoms with Crippen LogP contribution < -0.4 is 26.9 Å². The first-order valence-corrected chi connectivity index (χ1v) is 4.39. The molecule has 0 atom stereocenters. The van der Waals surface area contributed by atoms with E-state index in [4.69, 9.17) is 5.73 Å². The van der Waals surface area contributed by atoms with Crippen molar-refractivity contribution >= 4 is 0 Å². The van der Waals surface area contributed by atoms with E-state index in [1.54, 1.807) is 0 Å². The molecule has 0 fully saturated rings. The molecule has 1 aliphatic rings. The Morgan fingerprint density at radius 3 is 2.57 bits per heavy atom. The number of rotatable bonds is 0. The van der Waals surface area contributed by atoms with Crippen LogP contribution in [0.5, 0.6) is 0 Å². The second-order valence-electron chi connectivity index (χ2n) is 1.43. The fraction of sp³-hybridized carbons (Fsp3) is 0.200. The minimum absolute atomic E-state index is 0.116. The predicted octanol–water partition coefficient (Wildman–Crippen LogP) is -2.21. The van der Waals surface area contributed by atoms with Crippen LogP contribution in [-0.2, 0) is 0 Å². The van der Waals surface area contributed by atoms with Crippen LogP contribution in [-0.4, -0.2) is 0 Å². The van der Waals surface area contributed by atoms with Crippen LogP contribution >= 0.6 is 0 Å². The molecule has 0 aliphatic carbocycles. The van der Waals surface area contributed by atoms with Crippen molar-refractivity contribution in [3.63, 3.8) is 0 Å². The molecule has 0 saturated carbocycles. The summed E-state index contributed by atoms with van der Waals surface area (Å²) in [7, 11) is 0. The number of allylic oxidation sites excluding steroid dienone is 2. The third kappa shape index (κ3) is 0.964. The maximum absolute atomic E-state index is 5.54. The zero-order valence-corrected chi connectivity index (χ0v) is 6.27. The van der Waals surface area contributed by atoms with Crippen molar-refractivity contribution in [2.24, 2.45) is 5.73 Å². The third-order valence-electron chi connectivity index (χ3n) is 0.870. The van der Waals surface area contributed by atoms with Gasteiger partial charge in [-0.2, -0.15) is 0 Å². The molecule has 0 aromatic rings. The normalized spacial score (nSPS) is 20.1. The topological polar surface area (TPSA) is 26.0 Å². The molecule has 0 amide bonds. The molecule has 2 N–H and O–H groups in total. The molecule has 1 rings (SSSR count). The van der Waals surface area contributed by atoms with E-state index < -0.39 is 0 Å². The van der Waals surface area contributed by atoms with E-state index in [0.717, 1.165) is 3.70 Å². The summed E-state index contributed by atoms with van der Waals surface area (Å²) in [6, 6.07) is 0. The molecule has 1 aliphatic heterocycles. The second kappa shape index (κ2) is 1.86. The Labute approximate surface area is 53.5 Å². The van der Waals surface area contributed by atoms with Gasteiger partial charge >= 0.3 is 53.3 Å². The molecule has 2 heteroatoms. The molecule has 0 aromatic carbocycles. The average Bonchev–Trinajstić information content (AvgIpc) is 1.91. The quantitative estimate of drug-likeness (QED) is 0.354. The van der Waals surface area contributed by atoms with Gasteiger partial charge in [0.25, 0.3) is 0 Å². The van der Waals surface area contributed by atoms with Gasteiger partial charge in [0.2, 0.25) is 0 Å². The van der Waals surface area contributed by atoms with Crippen molar-refractivity contribution in [2.75, 3.05) is 0 Å². The van der Waals surface area contributed by atoms with Gasteiger partial charge in [-0.1, -0.05) is 0 Å². The Bertz CT molecular complexity index is 135. The molecule has 0 spiro atoms. The molecule has 0 saturated heterocycles. The molecule has 40 valence electrons. The summed E-state index contributed by atoms with van der Waals surface area (Å²) >= 11 is 0.116. The van der Waals surface area contributed by atoms with Crippen molar-refractivity contribution in [1.82, 2.24) is 0 Å². The fourth-order valence-electron chi connectivity index (χ4n) is 0.360.